The fraction of sp³-hybridized carbons (Fsp3) is 0. The SMILES string of the molecule is N=C(N)c1c(-c2ccc3cn[nH]c3c2)cccc1S(N)(=O)=O. The number of hydrogen-bond acceptors (Lipinski definition) is 4. The van der Waals surface area contributed by atoms with Crippen molar-refractivity contribution in [3.05, 3.63) is 48.2 Å². The molecule has 0 aliphatic heterocycles. The van der Waals surface area contributed by atoms with Crippen molar-refractivity contribution in [1.29, 1.82) is 5.41 Å². The van der Waals surface area contributed by atoms with Gasteiger partial charge in [-0.15, -0.1) is 0 Å². The highest BCUT2D eigenvalue weighted by molar-refractivity contribution is 7.89. The van der Waals surface area contributed by atoms with Gasteiger partial charge >= 0.3 is 0 Å². The largest absolute Gasteiger partial charge is 0.384 e. The number of H-pyrrole nitrogens is 1. The van der Waals surface area contributed by atoms with Crippen molar-refractivity contribution < 1.29 is 8.42 Å². The minimum absolute atomic E-state index is 0.101. The fourth-order valence-electron chi connectivity index (χ4n) is 2.39. The molecule has 7 nitrogen and oxygen atoms in total. The predicted octanol–water partition coefficient (Wildman–Crippen LogP) is 1.16. The van der Waals surface area contributed by atoms with Crippen molar-refractivity contribution in [3.63, 3.8) is 0 Å². The summed E-state index contributed by atoms with van der Waals surface area (Å²) >= 11 is 0. The van der Waals surface area contributed by atoms with Gasteiger partial charge in [-0.2, -0.15) is 5.10 Å². The molecule has 1 heterocycles. The second kappa shape index (κ2) is 4.93. The summed E-state index contributed by atoms with van der Waals surface area (Å²) in [6, 6.07) is 10.1. The van der Waals surface area contributed by atoms with E-state index in [1.165, 1.54) is 6.07 Å². The van der Waals surface area contributed by atoms with Crippen LogP contribution < -0.4 is 10.9 Å². The van der Waals surface area contributed by atoms with Crippen LogP contribution in [0.5, 0.6) is 0 Å². The Bertz CT molecular complexity index is 991. The highest BCUT2D eigenvalue weighted by atomic mass is 32.2. The summed E-state index contributed by atoms with van der Waals surface area (Å²) in [5.41, 5.74) is 7.72. The smallest absolute Gasteiger partial charge is 0.238 e. The molecule has 6 N–H and O–H groups in total. The quantitative estimate of drug-likeness (QED) is 0.425. The molecular formula is C14H13N5O2S. The van der Waals surface area contributed by atoms with Crippen molar-refractivity contribution in [2.75, 3.05) is 0 Å². The van der Waals surface area contributed by atoms with Crippen LogP contribution in [0.4, 0.5) is 0 Å². The lowest BCUT2D eigenvalue weighted by Crippen LogP contribution is -2.21. The maximum atomic E-state index is 11.7. The monoisotopic (exact) mass is 315 g/mol. The van der Waals surface area contributed by atoms with Crippen molar-refractivity contribution in [1.82, 2.24) is 10.2 Å². The van der Waals surface area contributed by atoms with Gasteiger partial charge in [0.25, 0.3) is 0 Å². The zero-order valence-electron chi connectivity index (χ0n) is 11.4. The minimum atomic E-state index is -3.98. The number of nitrogen functional groups attached to an aromatic ring is 1. The topological polar surface area (TPSA) is 139 Å². The van der Waals surface area contributed by atoms with Gasteiger partial charge in [0, 0.05) is 10.9 Å². The van der Waals surface area contributed by atoms with E-state index in [1.807, 2.05) is 18.2 Å². The Kier molecular flexibility index (Phi) is 3.19. The first-order chi connectivity index (χ1) is 10.4. The number of fused-ring (bicyclic) bond motifs is 1. The molecule has 0 atom stereocenters. The van der Waals surface area contributed by atoms with E-state index in [-0.39, 0.29) is 16.3 Å². The number of sulfonamides is 1. The zero-order chi connectivity index (χ0) is 15.9. The second-order valence-electron chi connectivity index (χ2n) is 4.81. The molecule has 1 aromatic heterocycles. The van der Waals surface area contributed by atoms with Gasteiger partial charge in [-0.05, 0) is 23.3 Å². The van der Waals surface area contributed by atoms with Gasteiger partial charge in [0.05, 0.1) is 16.6 Å². The number of nitrogens with zero attached hydrogens (tertiary/aromatic N) is 1. The summed E-state index contributed by atoms with van der Waals surface area (Å²) < 4.78 is 23.4. The van der Waals surface area contributed by atoms with Crippen molar-refractivity contribution in [2.45, 2.75) is 4.90 Å². The minimum Gasteiger partial charge on any atom is -0.384 e. The lowest BCUT2D eigenvalue weighted by Gasteiger charge is -2.12. The highest BCUT2D eigenvalue weighted by Crippen LogP contribution is 2.29. The van der Waals surface area contributed by atoms with Crippen LogP contribution in [0, 0.1) is 5.41 Å². The summed E-state index contributed by atoms with van der Waals surface area (Å²) in [5, 5.41) is 20.7. The van der Waals surface area contributed by atoms with Gasteiger partial charge < -0.3 is 5.73 Å². The van der Waals surface area contributed by atoms with Gasteiger partial charge in [-0.25, -0.2) is 13.6 Å². The number of nitrogens with one attached hydrogen (secondary N) is 2. The molecule has 0 fully saturated rings. The average Bonchev–Trinajstić information content (AvgIpc) is 2.92. The first kappa shape index (κ1) is 14.2. The molecular weight excluding hydrogens is 302 g/mol. The number of primary sulfonamides is 1. The Hall–Kier alpha value is -2.71. The van der Waals surface area contributed by atoms with E-state index in [9.17, 15) is 8.42 Å². The Balaban J connectivity index is 2.32. The molecule has 112 valence electrons. The Labute approximate surface area is 126 Å². The van der Waals surface area contributed by atoms with Crippen LogP contribution in [0.25, 0.3) is 22.0 Å². The third-order valence-electron chi connectivity index (χ3n) is 3.36. The molecule has 3 rings (SSSR count). The van der Waals surface area contributed by atoms with E-state index < -0.39 is 10.0 Å². The van der Waals surface area contributed by atoms with Crippen LogP contribution in [-0.4, -0.2) is 24.5 Å². The molecule has 3 aromatic rings. The number of nitrogens with two attached hydrogens (primary N) is 2. The Morgan fingerprint density at radius 2 is 2.00 bits per heavy atom. The first-order valence-electron chi connectivity index (χ1n) is 6.31. The van der Waals surface area contributed by atoms with Gasteiger partial charge in [0.1, 0.15) is 5.84 Å². The predicted molar refractivity (Wildman–Crippen MR) is 83.9 cm³/mol. The first-order valence-corrected chi connectivity index (χ1v) is 7.86. The molecule has 2 aromatic carbocycles. The van der Waals surface area contributed by atoms with Crippen LogP contribution in [-0.2, 0) is 10.0 Å². The van der Waals surface area contributed by atoms with Crippen molar-refractivity contribution >= 4 is 26.8 Å². The third kappa shape index (κ3) is 2.34. The third-order valence-corrected chi connectivity index (χ3v) is 4.31. The maximum Gasteiger partial charge on any atom is 0.238 e. The van der Waals surface area contributed by atoms with Gasteiger partial charge in [0.2, 0.25) is 10.0 Å². The number of amidine groups is 1. The fourth-order valence-corrected chi connectivity index (χ4v) is 3.16. The maximum absolute atomic E-state index is 11.7. The molecule has 0 unspecified atom stereocenters. The number of aromatic amines is 1. The number of hydrogen-bond donors (Lipinski definition) is 4. The van der Waals surface area contributed by atoms with Gasteiger partial charge in [-0.1, -0.05) is 24.3 Å². The number of rotatable bonds is 3. The summed E-state index contributed by atoms with van der Waals surface area (Å²) in [6.07, 6.45) is 1.69. The van der Waals surface area contributed by atoms with Crippen LogP contribution in [0.3, 0.4) is 0 Å². The van der Waals surface area contributed by atoms with Crippen LogP contribution in [0.1, 0.15) is 5.56 Å². The Morgan fingerprint density at radius 3 is 2.68 bits per heavy atom. The van der Waals surface area contributed by atoms with Crippen molar-refractivity contribution in [3.8, 4) is 11.1 Å². The van der Waals surface area contributed by atoms with E-state index >= 15 is 0 Å². The van der Waals surface area contributed by atoms with Crippen LogP contribution in [0.2, 0.25) is 0 Å². The molecule has 0 saturated heterocycles. The summed E-state index contributed by atoms with van der Waals surface area (Å²) in [7, 11) is -3.98. The lowest BCUT2D eigenvalue weighted by atomic mass is 9.98. The molecule has 0 spiro atoms. The summed E-state index contributed by atoms with van der Waals surface area (Å²) in [5.74, 6) is -0.357. The highest BCUT2D eigenvalue weighted by Gasteiger charge is 2.20. The molecule has 0 aliphatic carbocycles. The van der Waals surface area contributed by atoms with Crippen molar-refractivity contribution in [2.24, 2.45) is 10.9 Å². The van der Waals surface area contributed by atoms with E-state index in [0.717, 1.165) is 10.9 Å². The van der Waals surface area contributed by atoms with E-state index in [1.54, 1.807) is 18.3 Å². The normalized spacial score (nSPS) is 11.7. The van der Waals surface area contributed by atoms with Gasteiger partial charge in [0.15, 0.2) is 0 Å². The van der Waals surface area contributed by atoms with Crippen LogP contribution in [0.15, 0.2) is 47.5 Å². The number of benzene rings is 2. The zero-order valence-corrected chi connectivity index (χ0v) is 12.2. The molecule has 0 amide bonds. The van der Waals surface area contributed by atoms with E-state index in [2.05, 4.69) is 10.2 Å². The van der Waals surface area contributed by atoms with Gasteiger partial charge in [-0.3, -0.25) is 10.5 Å². The standard InChI is InChI=1S/C14H13N5O2S/c15-14(16)13-10(2-1-3-12(13)22(17,20)21)8-4-5-9-7-18-19-11(9)6-8/h1-7H,(H3,15,16)(H,18,19)(H2,17,20,21). The molecule has 0 aliphatic rings. The van der Waals surface area contributed by atoms with E-state index in [0.29, 0.717) is 11.1 Å². The molecule has 0 radical (unpaired) electrons. The molecule has 22 heavy (non-hydrogen) atoms. The van der Waals surface area contributed by atoms with E-state index in [4.69, 9.17) is 16.3 Å². The molecule has 0 bridgehead atoms. The number of aromatic nitrogens is 2. The Morgan fingerprint density at radius 1 is 1.23 bits per heavy atom. The lowest BCUT2D eigenvalue weighted by molar-refractivity contribution is 0.597. The summed E-state index contributed by atoms with van der Waals surface area (Å²) in [6.45, 7) is 0. The summed E-state index contributed by atoms with van der Waals surface area (Å²) in [4.78, 5) is -0.165. The second-order valence-corrected chi connectivity index (χ2v) is 6.34. The average molecular weight is 315 g/mol. The molecule has 8 heteroatoms. The van der Waals surface area contributed by atoms with Crippen LogP contribution >= 0.6 is 0 Å². The molecule has 0 saturated carbocycles.